The minimum atomic E-state index is -1.11. The van der Waals surface area contributed by atoms with Gasteiger partial charge in [-0.3, -0.25) is 4.79 Å². The van der Waals surface area contributed by atoms with Gasteiger partial charge in [-0.15, -0.1) is 0 Å². The lowest BCUT2D eigenvalue weighted by atomic mass is 10.1. The van der Waals surface area contributed by atoms with Crippen LogP contribution in [-0.4, -0.2) is 46.6 Å². The summed E-state index contributed by atoms with van der Waals surface area (Å²) in [6.45, 7) is 3.27. The summed E-state index contributed by atoms with van der Waals surface area (Å²) >= 11 is 0. The molecule has 0 aromatic carbocycles. The summed E-state index contributed by atoms with van der Waals surface area (Å²) in [6.07, 6.45) is 1.97. The van der Waals surface area contributed by atoms with Gasteiger partial charge >= 0.3 is 11.9 Å². The first-order chi connectivity index (χ1) is 9.43. The zero-order valence-corrected chi connectivity index (χ0v) is 11.6. The summed E-state index contributed by atoms with van der Waals surface area (Å²) in [5, 5.41) is 19.3. The fraction of sp³-hybridized carbons (Fsp3) is 0.571. The molecule has 0 unspecified atom stereocenters. The molecule has 0 aromatic rings. The Morgan fingerprint density at radius 3 is 2.80 bits per heavy atom. The second kappa shape index (κ2) is 7.81. The summed E-state index contributed by atoms with van der Waals surface area (Å²) in [4.78, 5) is 23.0. The number of carbonyl (C=O) groups excluding carboxylic acids is 2. The van der Waals surface area contributed by atoms with E-state index >= 15 is 0 Å². The maximum absolute atomic E-state index is 11.5. The second-order valence-electron chi connectivity index (χ2n) is 4.58. The Bertz CT molecular complexity index is 400. The van der Waals surface area contributed by atoms with Crippen LogP contribution >= 0.6 is 0 Å². The molecule has 0 saturated carbocycles. The van der Waals surface area contributed by atoms with Crippen LogP contribution in [0.4, 0.5) is 0 Å². The van der Waals surface area contributed by atoms with Crippen LogP contribution in [0.15, 0.2) is 24.3 Å². The lowest BCUT2D eigenvalue weighted by Crippen LogP contribution is -2.34. The third-order valence-electron chi connectivity index (χ3n) is 2.87. The lowest BCUT2D eigenvalue weighted by Gasteiger charge is -2.24. The molecule has 0 amide bonds. The summed E-state index contributed by atoms with van der Waals surface area (Å²) < 4.78 is 10.2. The maximum Gasteiger partial charge on any atom is 0.331 e. The van der Waals surface area contributed by atoms with Crippen LogP contribution in [0, 0.1) is 0 Å². The molecule has 0 spiro atoms. The first-order valence-electron chi connectivity index (χ1n) is 6.51. The van der Waals surface area contributed by atoms with E-state index in [1.165, 1.54) is 24.3 Å². The number of cyclic esters (lactones) is 1. The SMILES string of the molecule is C/C=C/C(=O)O[C@H]1C=C[C@@H](O)[C@@H](O)CCC(=O)O[C@@H]1C. The molecule has 0 bridgehead atoms. The highest BCUT2D eigenvalue weighted by Gasteiger charge is 2.25. The fourth-order valence-electron chi connectivity index (χ4n) is 1.72. The van der Waals surface area contributed by atoms with Crippen LogP contribution < -0.4 is 0 Å². The van der Waals surface area contributed by atoms with Crippen LogP contribution in [0.2, 0.25) is 0 Å². The third kappa shape index (κ3) is 5.14. The molecule has 1 heterocycles. The molecule has 0 fully saturated rings. The number of esters is 2. The Kier molecular flexibility index (Phi) is 6.41. The van der Waals surface area contributed by atoms with Crippen LogP contribution in [0.3, 0.4) is 0 Å². The minimum Gasteiger partial charge on any atom is -0.458 e. The highest BCUT2D eigenvalue weighted by Crippen LogP contribution is 2.14. The van der Waals surface area contributed by atoms with E-state index in [2.05, 4.69) is 0 Å². The smallest absolute Gasteiger partial charge is 0.331 e. The number of carbonyl (C=O) groups is 2. The predicted octanol–water partition coefficient (Wildman–Crippen LogP) is 0.478. The van der Waals surface area contributed by atoms with Crippen molar-refractivity contribution in [1.82, 2.24) is 0 Å². The number of rotatable bonds is 2. The molecule has 0 saturated heterocycles. The normalized spacial score (nSPS) is 31.9. The van der Waals surface area contributed by atoms with E-state index in [1.807, 2.05) is 0 Å². The van der Waals surface area contributed by atoms with Gasteiger partial charge in [0.2, 0.25) is 0 Å². The molecule has 0 aliphatic carbocycles. The topological polar surface area (TPSA) is 93.1 Å². The first-order valence-corrected chi connectivity index (χ1v) is 6.51. The number of aliphatic hydroxyl groups excluding tert-OH is 2. The van der Waals surface area contributed by atoms with Crippen molar-refractivity contribution >= 4 is 11.9 Å². The number of allylic oxidation sites excluding steroid dienone is 1. The van der Waals surface area contributed by atoms with Gasteiger partial charge in [0.15, 0.2) is 6.10 Å². The molecule has 4 atom stereocenters. The van der Waals surface area contributed by atoms with Crippen LogP contribution in [0.1, 0.15) is 26.7 Å². The van der Waals surface area contributed by atoms with E-state index in [9.17, 15) is 19.8 Å². The number of hydrogen-bond acceptors (Lipinski definition) is 6. The first kappa shape index (κ1) is 16.4. The van der Waals surface area contributed by atoms with Crippen molar-refractivity contribution in [1.29, 1.82) is 0 Å². The zero-order chi connectivity index (χ0) is 15.1. The molecule has 20 heavy (non-hydrogen) atoms. The van der Waals surface area contributed by atoms with Gasteiger partial charge in [0.25, 0.3) is 0 Å². The van der Waals surface area contributed by atoms with Crippen molar-refractivity contribution in [3.05, 3.63) is 24.3 Å². The molecule has 112 valence electrons. The Hall–Kier alpha value is -1.66. The van der Waals surface area contributed by atoms with Crippen molar-refractivity contribution in [2.45, 2.75) is 51.1 Å². The van der Waals surface area contributed by atoms with Gasteiger partial charge in [-0.2, -0.15) is 0 Å². The van der Waals surface area contributed by atoms with Gasteiger partial charge in [0.1, 0.15) is 6.10 Å². The Balaban J connectivity index is 2.86. The van der Waals surface area contributed by atoms with Crippen molar-refractivity contribution in [2.24, 2.45) is 0 Å². The number of ether oxygens (including phenoxy) is 2. The average molecular weight is 284 g/mol. The predicted molar refractivity (Wildman–Crippen MR) is 70.6 cm³/mol. The monoisotopic (exact) mass is 284 g/mol. The van der Waals surface area contributed by atoms with Gasteiger partial charge in [0.05, 0.1) is 12.2 Å². The lowest BCUT2D eigenvalue weighted by molar-refractivity contribution is -0.161. The van der Waals surface area contributed by atoms with Gasteiger partial charge in [-0.1, -0.05) is 12.2 Å². The summed E-state index contributed by atoms with van der Waals surface area (Å²) in [5.41, 5.74) is 0. The summed E-state index contributed by atoms with van der Waals surface area (Å²) in [6, 6.07) is 0. The molecule has 1 aliphatic rings. The Labute approximate surface area is 117 Å². The Morgan fingerprint density at radius 1 is 1.45 bits per heavy atom. The summed E-state index contributed by atoms with van der Waals surface area (Å²) in [5.74, 6) is -1.08. The van der Waals surface area contributed by atoms with Crippen molar-refractivity contribution in [2.75, 3.05) is 0 Å². The maximum atomic E-state index is 11.5. The average Bonchev–Trinajstić information content (AvgIpc) is 2.39. The molecule has 2 N–H and O–H groups in total. The molecule has 1 aliphatic heterocycles. The number of aliphatic hydroxyl groups is 2. The summed E-state index contributed by atoms with van der Waals surface area (Å²) in [7, 11) is 0. The van der Waals surface area contributed by atoms with E-state index < -0.39 is 36.4 Å². The van der Waals surface area contributed by atoms with E-state index in [4.69, 9.17) is 9.47 Å². The van der Waals surface area contributed by atoms with Gasteiger partial charge in [-0.05, 0) is 26.3 Å². The van der Waals surface area contributed by atoms with E-state index in [1.54, 1.807) is 13.8 Å². The van der Waals surface area contributed by atoms with E-state index in [0.29, 0.717) is 0 Å². The van der Waals surface area contributed by atoms with Crippen molar-refractivity contribution in [3.8, 4) is 0 Å². The van der Waals surface area contributed by atoms with Gasteiger partial charge in [-0.25, -0.2) is 4.79 Å². The van der Waals surface area contributed by atoms with E-state index in [0.717, 1.165) is 0 Å². The molecule has 0 radical (unpaired) electrons. The van der Waals surface area contributed by atoms with Crippen molar-refractivity contribution in [3.63, 3.8) is 0 Å². The molecular formula is C14H20O6. The van der Waals surface area contributed by atoms with Gasteiger partial charge in [0, 0.05) is 12.5 Å². The van der Waals surface area contributed by atoms with Crippen LogP contribution in [-0.2, 0) is 19.1 Å². The standard InChI is InChI=1S/C14H20O6/c1-3-4-13(17)20-12-7-5-10(15)11(16)6-8-14(18)19-9(12)2/h3-5,7,9-12,15-16H,6,8H2,1-2H3/b4-3+,7-5?/t9-,10-,11+,12+/m1/s1. The van der Waals surface area contributed by atoms with Gasteiger partial charge < -0.3 is 19.7 Å². The van der Waals surface area contributed by atoms with E-state index in [-0.39, 0.29) is 12.8 Å². The van der Waals surface area contributed by atoms with Crippen molar-refractivity contribution < 1.29 is 29.3 Å². The fourth-order valence-corrected chi connectivity index (χ4v) is 1.72. The highest BCUT2D eigenvalue weighted by atomic mass is 16.6. The number of hydrogen-bond donors (Lipinski definition) is 2. The molecular weight excluding hydrogens is 264 g/mol. The molecule has 6 heteroatoms. The molecule has 0 aromatic heterocycles. The highest BCUT2D eigenvalue weighted by molar-refractivity contribution is 5.82. The quantitative estimate of drug-likeness (QED) is 0.435. The van der Waals surface area contributed by atoms with Crippen LogP contribution in [0.5, 0.6) is 0 Å². The minimum absolute atomic E-state index is 0.00800. The molecule has 1 rings (SSSR count). The third-order valence-corrected chi connectivity index (χ3v) is 2.87. The van der Waals surface area contributed by atoms with Crippen LogP contribution in [0.25, 0.3) is 0 Å². The zero-order valence-electron chi connectivity index (χ0n) is 11.6. The largest absolute Gasteiger partial charge is 0.458 e. The molecule has 6 nitrogen and oxygen atoms in total. The Morgan fingerprint density at radius 2 is 2.15 bits per heavy atom. The second-order valence-corrected chi connectivity index (χ2v) is 4.58.